The molecular formula is C24H20O2S2. The molecule has 0 aromatic heterocycles. The van der Waals surface area contributed by atoms with Crippen molar-refractivity contribution in [2.45, 2.75) is 16.4 Å². The van der Waals surface area contributed by atoms with Gasteiger partial charge in [-0.3, -0.25) is 4.79 Å². The fraction of sp³-hybridized carbons (Fsp3) is 0.125. The average molecular weight is 405 g/mol. The number of carbonyl (C=O) groups is 1. The summed E-state index contributed by atoms with van der Waals surface area (Å²) in [5.41, 5.74) is 3.05. The first-order chi connectivity index (χ1) is 13.8. The number of hydrogen-bond acceptors (Lipinski definition) is 4. The molecule has 0 saturated carbocycles. The number of Topliss-reactive ketones (excluding diaryl/α,β-unsaturated/α-hetero) is 1. The van der Waals surface area contributed by atoms with Gasteiger partial charge in [-0.15, -0.1) is 0 Å². The second kappa shape index (κ2) is 8.72. The summed E-state index contributed by atoms with van der Waals surface area (Å²) < 4.78 is 5.09. The topological polar surface area (TPSA) is 26.3 Å². The zero-order valence-corrected chi connectivity index (χ0v) is 16.9. The molecule has 0 radical (unpaired) electrons. The van der Waals surface area contributed by atoms with Crippen LogP contribution in [0.25, 0.3) is 0 Å². The van der Waals surface area contributed by atoms with Crippen LogP contribution in [0.5, 0.6) is 0 Å². The molecule has 4 heteroatoms. The Morgan fingerprint density at radius 2 is 1.39 bits per heavy atom. The lowest BCUT2D eigenvalue weighted by molar-refractivity contribution is 0.0809. The van der Waals surface area contributed by atoms with Gasteiger partial charge in [0.05, 0.1) is 6.26 Å². The summed E-state index contributed by atoms with van der Waals surface area (Å²) in [5, 5.41) is 0. The van der Waals surface area contributed by atoms with E-state index in [1.54, 1.807) is 18.0 Å². The fourth-order valence-electron chi connectivity index (χ4n) is 2.99. The van der Waals surface area contributed by atoms with E-state index in [1.165, 1.54) is 22.9 Å². The molecule has 1 aliphatic rings. The first kappa shape index (κ1) is 18.9. The maximum atomic E-state index is 13.4. The van der Waals surface area contributed by atoms with Crippen molar-refractivity contribution in [3.05, 3.63) is 119 Å². The summed E-state index contributed by atoms with van der Waals surface area (Å²) >= 11 is 3.07. The van der Waals surface area contributed by atoms with Crippen LogP contribution >= 0.6 is 23.5 Å². The van der Waals surface area contributed by atoms with E-state index < -0.39 is 4.27 Å². The van der Waals surface area contributed by atoms with Crippen LogP contribution in [-0.4, -0.2) is 10.0 Å². The highest BCUT2D eigenvalue weighted by atomic mass is 32.2. The Balaban J connectivity index is 1.55. The van der Waals surface area contributed by atoms with Gasteiger partial charge in [0.15, 0.2) is 0 Å². The van der Waals surface area contributed by atoms with Gasteiger partial charge in [-0.1, -0.05) is 115 Å². The highest BCUT2D eigenvalue weighted by Gasteiger charge is 2.46. The van der Waals surface area contributed by atoms with Crippen LogP contribution in [0, 0.1) is 0 Å². The van der Waals surface area contributed by atoms with Gasteiger partial charge in [-0.25, -0.2) is 0 Å². The van der Waals surface area contributed by atoms with Gasteiger partial charge in [0.2, 0.25) is 5.78 Å². The molecule has 1 aliphatic heterocycles. The predicted molar refractivity (Wildman–Crippen MR) is 118 cm³/mol. The van der Waals surface area contributed by atoms with E-state index in [0.29, 0.717) is 11.3 Å². The number of ether oxygens (including phenoxy) is 1. The Bertz CT molecular complexity index is 956. The standard InChI is InChI=1S/C24H20O2S2/c25-23(21-14-8-3-9-15-21)24(27-18-20-12-6-2-7-13-20)26-17-22(28-24)16-19-10-4-1-5-11-19/h1-15,17H,16,18H2. The van der Waals surface area contributed by atoms with E-state index in [4.69, 9.17) is 4.74 Å². The summed E-state index contributed by atoms with van der Waals surface area (Å²) in [5.74, 6) is 0.706. The maximum Gasteiger partial charge on any atom is 0.268 e. The Kier molecular flexibility index (Phi) is 5.89. The Morgan fingerprint density at radius 1 is 0.821 bits per heavy atom. The molecule has 0 aliphatic carbocycles. The smallest absolute Gasteiger partial charge is 0.268 e. The van der Waals surface area contributed by atoms with Crippen molar-refractivity contribution in [2.75, 3.05) is 0 Å². The first-order valence-electron chi connectivity index (χ1n) is 9.13. The third kappa shape index (κ3) is 4.34. The van der Waals surface area contributed by atoms with Crippen molar-refractivity contribution in [1.82, 2.24) is 0 Å². The molecule has 0 spiro atoms. The molecule has 4 rings (SSSR count). The Morgan fingerprint density at radius 3 is 2.04 bits per heavy atom. The molecule has 0 saturated heterocycles. The summed E-state index contributed by atoms with van der Waals surface area (Å²) in [6.07, 6.45) is 2.53. The van der Waals surface area contributed by atoms with Crippen LogP contribution in [-0.2, 0) is 16.9 Å². The van der Waals surface area contributed by atoms with Crippen LogP contribution in [0.2, 0.25) is 0 Å². The number of allylic oxidation sites excluding steroid dienone is 1. The number of rotatable bonds is 7. The van der Waals surface area contributed by atoms with Crippen molar-refractivity contribution in [3.8, 4) is 0 Å². The minimum Gasteiger partial charge on any atom is -0.466 e. The van der Waals surface area contributed by atoms with Gasteiger partial charge in [0.1, 0.15) is 0 Å². The monoisotopic (exact) mass is 404 g/mol. The van der Waals surface area contributed by atoms with Crippen LogP contribution < -0.4 is 0 Å². The molecule has 1 heterocycles. The quantitative estimate of drug-likeness (QED) is 0.431. The summed E-state index contributed by atoms with van der Waals surface area (Å²) in [4.78, 5) is 14.5. The molecular weight excluding hydrogens is 384 g/mol. The number of hydrogen-bond donors (Lipinski definition) is 0. The lowest BCUT2D eigenvalue weighted by Crippen LogP contribution is -2.31. The van der Waals surface area contributed by atoms with E-state index in [2.05, 4.69) is 24.3 Å². The summed E-state index contributed by atoms with van der Waals surface area (Å²) in [6.45, 7) is 0. The highest BCUT2D eigenvalue weighted by molar-refractivity contribution is 8.20. The van der Waals surface area contributed by atoms with Crippen LogP contribution in [0.3, 0.4) is 0 Å². The third-order valence-electron chi connectivity index (χ3n) is 4.42. The Hall–Kier alpha value is -2.43. The molecule has 1 atom stereocenters. The molecule has 1 unspecified atom stereocenters. The van der Waals surface area contributed by atoms with Crippen LogP contribution in [0.4, 0.5) is 0 Å². The van der Waals surface area contributed by atoms with E-state index in [-0.39, 0.29) is 5.78 Å². The molecule has 140 valence electrons. The number of ketones is 1. The number of thioether (sulfide) groups is 2. The van der Waals surface area contributed by atoms with E-state index in [0.717, 1.165) is 11.3 Å². The zero-order chi connectivity index (χ0) is 19.2. The van der Waals surface area contributed by atoms with Crippen molar-refractivity contribution >= 4 is 29.3 Å². The Labute approximate surface area is 174 Å². The van der Waals surface area contributed by atoms with Gasteiger partial charge in [-0.05, 0) is 11.1 Å². The highest BCUT2D eigenvalue weighted by Crippen LogP contribution is 2.51. The van der Waals surface area contributed by atoms with Crippen molar-refractivity contribution in [2.24, 2.45) is 0 Å². The van der Waals surface area contributed by atoms with E-state index >= 15 is 0 Å². The van der Waals surface area contributed by atoms with Crippen LogP contribution in [0.1, 0.15) is 21.5 Å². The molecule has 0 N–H and O–H groups in total. The molecule has 3 aromatic rings. The molecule has 0 amide bonds. The van der Waals surface area contributed by atoms with E-state index in [1.807, 2.05) is 66.7 Å². The first-order valence-corrected chi connectivity index (χ1v) is 10.9. The molecule has 3 aromatic carbocycles. The predicted octanol–water partition coefficient (Wildman–Crippen LogP) is 6.30. The molecule has 28 heavy (non-hydrogen) atoms. The van der Waals surface area contributed by atoms with Crippen molar-refractivity contribution in [3.63, 3.8) is 0 Å². The largest absolute Gasteiger partial charge is 0.466 e. The maximum absolute atomic E-state index is 13.4. The van der Waals surface area contributed by atoms with Gasteiger partial charge in [0.25, 0.3) is 4.27 Å². The normalized spacial score (nSPS) is 18.4. The van der Waals surface area contributed by atoms with Crippen LogP contribution in [0.15, 0.2) is 102 Å². The molecule has 0 bridgehead atoms. The number of benzene rings is 3. The lowest BCUT2D eigenvalue weighted by atomic mass is 10.1. The minimum absolute atomic E-state index is 0.00153. The van der Waals surface area contributed by atoms with Gasteiger partial charge in [-0.2, -0.15) is 0 Å². The average Bonchev–Trinajstić information content (AvgIpc) is 3.18. The zero-order valence-electron chi connectivity index (χ0n) is 15.3. The molecule has 0 fully saturated rings. The SMILES string of the molecule is O=C(c1ccccc1)C1(SCc2ccccc2)OC=C(Cc2ccccc2)S1. The number of carbonyl (C=O) groups excluding carboxylic acids is 1. The fourth-order valence-corrected chi connectivity index (χ4v) is 5.62. The van der Waals surface area contributed by atoms with Crippen molar-refractivity contribution < 1.29 is 9.53 Å². The summed E-state index contributed by atoms with van der Waals surface area (Å²) in [7, 11) is 0. The van der Waals surface area contributed by atoms with Gasteiger partial charge < -0.3 is 4.74 Å². The minimum atomic E-state index is -0.985. The molecule has 2 nitrogen and oxygen atoms in total. The van der Waals surface area contributed by atoms with Gasteiger partial charge in [0, 0.05) is 22.6 Å². The summed E-state index contributed by atoms with van der Waals surface area (Å²) in [6, 6.07) is 29.8. The lowest BCUT2D eigenvalue weighted by Gasteiger charge is -2.26. The second-order valence-electron chi connectivity index (χ2n) is 6.49. The second-order valence-corrected chi connectivity index (χ2v) is 9.21. The van der Waals surface area contributed by atoms with E-state index in [9.17, 15) is 4.79 Å². The van der Waals surface area contributed by atoms with Gasteiger partial charge >= 0.3 is 0 Å². The third-order valence-corrected chi connectivity index (χ3v) is 7.21. The van der Waals surface area contributed by atoms with Crippen molar-refractivity contribution in [1.29, 1.82) is 0 Å².